The molecule has 0 saturated carbocycles. The molecule has 2 heterocycles. The number of nitrogens with one attached hydrogen (secondary N) is 1. The third-order valence-corrected chi connectivity index (χ3v) is 6.70. The van der Waals surface area contributed by atoms with Gasteiger partial charge in [0.1, 0.15) is 5.82 Å². The molecule has 6 heteroatoms. The van der Waals surface area contributed by atoms with Gasteiger partial charge in [-0.05, 0) is 53.6 Å². The summed E-state index contributed by atoms with van der Waals surface area (Å²) in [5.41, 5.74) is 4.67. The Morgan fingerprint density at radius 1 is 0.938 bits per heavy atom. The normalized spacial score (nSPS) is 12.5. The summed E-state index contributed by atoms with van der Waals surface area (Å²) in [7, 11) is 0. The fraction of sp³-hybridized carbons (Fsp3) is 0.269. The number of fused-ring (bicyclic) bond motifs is 2. The second-order valence-corrected chi connectivity index (χ2v) is 9.06. The molecule has 1 aliphatic rings. The molecule has 1 N–H and O–H groups in total. The highest BCUT2D eigenvalue weighted by atomic mass is 32.2. The van der Waals surface area contributed by atoms with Crippen molar-refractivity contribution in [1.82, 2.24) is 14.9 Å². The standard InChI is InChI=1S/C26H27N3O2S/c1-2-12-32-21-9-10-22-23(14-21)29(17-19-6-4-3-5-7-19)26(28-22)16-27-15-20-8-11-24-25(13-20)31-18-30-24/h3-11,13-14,27H,2,12,15-18H2,1H3. The maximum absolute atomic E-state index is 5.50. The Kier molecular flexibility index (Phi) is 6.32. The topological polar surface area (TPSA) is 48.3 Å². The van der Waals surface area contributed by atoms with E-state index in [9.17, 15) is 0 Å². The van der Waals surface area contributed by atoms with Crippen molar-refractivity contribution in [3.05, 3.63) is 83.7 Å². The zero-order chi connectivity index (χ0) is 21.8. The third kappa shape index (κ3) is 4.61. The average molecular weight is 446 g/mol. The van der Waals surface area contributed by atoms with Crippen LogP contribution in [-0.4, -0.2) is 22.1 Å². The highest BCUT2D eigenvalue weighted by Gasteiger charge is 2.14. The summed E-state index contributed by atoms with van der Waals surface area (Å²) < 4.78 is 13.2. The highest BCUT2D eigenvalue weighted by molar-refractivity contribution is 7.99. The smallest absolute Gasteiger partial charge is 0.231 e. The Balaban J connectivity index is 1.38. The molecule has 0 spiro atoms. The van der Waals surface area contributed by atoms with E-state index >= 15 is 0 Å². The summed E-state index contributed by atoms with van der Waals surface area (Å²) in [5, 5.41) is 3.56. The molecule has 5 rings (SSSR count). The van der Waals surface area contributed by atoms with Crippen LogP contribution in [0.15, 0.2) is 71.6 Å². The van der Waals surface area contributed by atoms with Crippen molar-refractivity contribution >= 4 is 22.8 Å². The quantitative estimate of drug-likeness (QED) is 0.340. The van der Waals surface area contributed by atoms with Crippen LogP contribution in [0.25, 0.3) is 11.0 Å². The van der Waals surface area contributed by atoms with Gasteiger partial charge in [0, 0.05) is 18.0 Å². The van der Waals surface area contributed by atoms with Crippen molar-refractivity contribution in [3.8, 4) is 11.5 Å². The van der Waals surface area contributed by atoms with Gasteiger partial charge in [0.25, 0.3) is 0 Å². The molecule has 0 unspecified atom stereocenters. The SMILES string of the molecule is CCCSc1ccc2nc(CNCc3ccc4c(c3)OCO4)n(Cc3ccccc3)c2c1. The van der Waals surface area contributed by atoms with Crippen LogP contribution in [0, 0.1) is 0 Å². The van der Waals surface area contributed by atoms with Gasteiger partial charge in [-0.25, -0.2) is 4.98 Å². The van der Waals surface area contributed by atoms with E-state index in [1.807, 2.05) is 23.9 Å². The highest BCUT2D eigenvalue weighted by Crippen LogP contribution is 2.32. The molecular weight excluding hydrogens is 418 g/mol. The van der Waals surface area contributed by atoms with Crippen molar-refractivity contribution in [3.63, 3.8) is 0 Å². The number of hydrogen-bond donors (Lipinski definition) is 1. The molecule has 0 saturated heterocycles. The molecule has 0 radical (unpaired) electrons. The Hall–Kier alpha value is -2.96. The number of benzene rings is 3. The van der Waals surface area contributed by atoms with Gasteiger partial charge in [-0.2, -0.15) is 0 Å². The molecule has 5 nitrogen and oxygen atoms in total. The maximum atomic E-state index is 5.50. The van der Waals surface area contributed by atoms with Crippen LogP contribution >= 0.6 is 11.8 Å². The molecular formula is C26H27N3O2S. The summed E-state index contributed by atoms with van der Waals surface area (Å²) >= 11 is 1.91. The zero-order valence-electron chi connectivity index (χ0n) is 18.2. The van der Waals surface area contributed by atoms with Crippen molar-refractivity contribution in [1.29, 1.82) is 0 Å². The largest absolute Gasteiger partial charge is 0.454 e. The van der Waals surface area contributed by atoms with Crippen LogP contribution in [0.2, 0.25) is 0 Å². The van der Waals surface area contributed by atoms with Gasteiger partial charge in [-0.3, -0.25) is 0 Å². The molecule has 0 aliphatic carbocycles. The second-order valence-electron chi connectivity index (χ2n) is 7.89. The van der Waals surface area contributed by atoms with Gasteiger partial charge in [-0.1, -0.05) is 43.3 Å². The molecule has 32 heavy (non-hydrogen) atoms. The first-order valence-corrected chi connectivity index (χ1v) is 12.0. The number of rotatable bonds is 9. The molecule has 0 atom stereocenters. The summed E-state index contributed by atoms with van der Waals surface area (Å²) in [6.45, 7) is 4.75. The van der Waals surface area contributed by atoms with E-state index in [4.69, 9.17) is 14.5 Å². The lowest BCUT2D eigenvalue weighted by Gasteiger charge is -2.11. The van der Waals surface area contributed by atoms with E-state index in [2.05, 4.69) is 71.4 Å². The fourth-order valence-electron chi connectivity index (χ4n) is 3.91. The van der Waals surface area contributed by atoms with Crippen molar-refractivity contribution in [2.75, 3.05) is 12.5 Å². The summed E-state index contributed by atoms with van der Waals surface area (Å²) in [6.07, 6.45) is 1.17. The fourth-order valence-corrected chi connectivity index (χ4v) is 4.71. The maximum Gasteiger partial charge on any atom is 0.231 e. The van der Waals surface area contributed by atoms with Gasteiger partial charge >= 0.3 is 0 Å². The molecule has 164 valence electrons. The predicted octanol–water partition coefficient (Wildman–Crippen LogP) is 5.61. The zero-order valence-corrected chi connectivity index (χ0v) is 19.0. The monoisotopic (exact) mass is 445 g/mol. The lowest BCUT2D eigenvalue weighted by Crippen LogP contribution is -2.17. The Labute approximate surface area is 192 Å². The first-order valence-electron chi connectivity index (χ1n) is 11.1. The first kappa shape index (κ1) is 20.9. The van der Waals surface area contributed by atoms with E-state index in [1.165, 1.54) is 28.0 Å². The van der Waals surface area contributed by atoms with E-state index in [-0.39, 0.29) is 0 Å². The van der Waals surface area contributed by atoms with Crippen molar-refractivity contribution < 1.29 is 9.47 Å². The van der Waals surface area contributed by atoms with Gasteiger partial charge < -0.3 is 19.4 Å². The number of hydrogen-bond acceptors (Lipinski definition) is 5. The van der Waals surface area contributed by atoms with E-state index in [0.717, 1.165) is 41.7 Å². The first-order chi connectivity index (χ1) is 15.8. The summed E-state index contributed by atoms with van der Waals surface area (Å²) in [6, 6.07) is 23.3. The Morgan fingerprint density at radius 3 is 2.69 bits per heavy atom. The van der Waals surface area contributed by atoms with Gasteiger partial charge in [0.05, 0.1) is 17.6 Å². The van der Waals surface area contributed by atoms with E-state index in [1.54, 1.807) is 0 Å². The Morgan fingerprint density at radius 2 is 1.81 bits per heavy atom. The number of nitrogens with zero attached hydrogens (tertiary/aromatic N) is 2. The summed E-state index contributed by atoms with van der Waals surface area (Å²) in [4.78, 5) is 6.27. The predicted molar refractivity (Wildman–Crippen MR) is 129 cm³/mol. The lowest BCUT2D eigenvalue weighted by atomic mass is 10.2. The molecule has 0 amide bonds. The second kappa shape index (κ2) is 9.67. The minimum Gasteiger partial charge on any atom is -0.454 e. The molecule has 1 aliphatic heterocycles. The van der Waals surface area contributed by atoms with E-state index in [0.29, 0.717) is 13.3 Å². The summed E-state index contributed by atoms with van der Waals surface area (Å²) in [5.74, 6) is 3.80. The number of aromatic nitrogens is 2. The van der Waals surface area contributed by atoms with E-state index < -0.39 is 0 Å². The van der Waals surface area contributed by atoms with Crippen LogP contribution < -0.4 is 14.8 Å². The number of ether oxygens (including phenoxy) is 2. The van der Waals surface area contributed by atoms with Crippen molar-refractivity contribution in [2.45, 2.75) is 37.9 Å². The van der Waals surface area contributed by atoms with Crippen molar-refractivity contribution in [2.24, 2.45) is 0 Å². The number of thioether (sulfide) groups is 1. The molecule has 1 aromatic heterocycles. The van der Waals surface area contributed by atoms with Crippen LogP contribution in [0.4, 0.5) is 0 Å². The molecule has 4 aromatic rings. The van der Waals surface area contributed by atoms with Crippen LogP contribution in [0.1, 0.15) is 30.3 Å². The third-order valence-electron chi connectivity index (χ3n) is 5.50. The van der Waals surface area contributed by atoms with Crippen LogP contribution in [0.5, 0.6) is 11.5 Å². The van der Waals surface area contributed by atoms with Crippen LogP contribution in [-0.2, 0) is 19.6 Å². The van der Waals surface area contributed by atoms with Crippen LogP contribution in [0.3, 0.4) is 0 Å². The minimum atomic E-state index is 0.300. The van der Waals surface area contributed by atoms with Gasteiger partial charge in [0.15, 0.2) is 11.5 Å². The van der Waals surface area contributed by atoms with Gasteiger partial charge in [-0.15, -0.1) is 11.8 Å². The lowest BCUT2D eigenvalue weighted by molar-refractivity contribution is 0.174. The number of imidazole rings is 1. The molecule has 0 bridgehead atoms. The Bertz CT molecular complexity index is 1210. The molecule has 3 aromatic carbocycles. The minimum absolute atomic E-state index is 0.300. The average Bonchev–Trinajstić information content (AvgIpc) is 3.43. The molecule has 0 fully saturated rings. The van der Waals surface area contributed by atoms with Gasteiger partial charge in [0.2, 0.25) is 6.79 Å².